The second-order valence-electron chi connectivity index (χ2n) is 4.50. The van der Waals surface area contributed by atoms with Crippen molar-refractivity contribution in [1.29, 1.82) is 0 Å². The zero-order valence-electron chi connectivity index (χ0n) is 10.8. The molecule has 1 unspecified atom stereocenters. The van der Waals surface area contributed by atoms with Gasteiger partial charge in [-0.25, -0.2) is 4.39 Å². The molecule has 18 heavy (non-hydrogen) atoms. The van der Waals surface area contributed by atoms with Gasteiger partial charge in [0.2, 0.25) is 5.91 Å². The Kier molecular flexibility index (Phi) is 5.56. The van der Waals surface area contributed by atoms with Gasteiger partial charge in [-0.15, -0.1) is 0 Å². The van der Waals surface area contributed by atoms with Crippen LogP contribution in [0, 0.1) is 5.82 Å². The molecule has 0 aromatic heterocycles. The van der Waals surface area contributed by atoms with Crippen LogP contribution in [0.1, 0.15) is 32.4 Å². The summed E-state index contributed by atoms with van der Waals surface area (Å²) in [6.07, 6.45) is 0. The molecule has 0 aliphatic rings. The van der Waals surface area contributed by atoms with Crippen LogP contribution in [0.15, 0.2) is 18.2 Å². The van der Waals surface area contributed by atoms with Crippen LogP contribution in [0.25, 0.3) is 0 Å². The van der Waals surface area contributed by atoms with E-state index in [2.05, 4.69) is 10.6 Å². The van der Waals surface area contributed by atoms with Crippen LogP contribution in [0.5, 0.6) is 0 Å². The van der Waals surface area contributed by atoms with Gasteiger partial charge in [-0.05, 0) is 38.5 Å². The SMILES string of the molecule is CC(C)NC(=O)CNC(C)c1ccc(F)c(Cl)c1. The second-order valence-corrected chi connectivity index (χ2v) is 4.91. The maximum Gasteiger partial charge on any atom is 0.234 e. The highest BCUT2D eigenvalue weighted by molar-refractivity contribution is 6.30. The number of rotatable bonds is 5. The van der Waals surface area contributed by atoms with Gasteiger partial charge >= 0.3 is 0 Å². The van der Waals surface area contributed by atoms with Crippen molar-refractivity contribution >= 4 is 17.5 Å². The molecule has 0 spiro atoms. The Bertz CT molecular complexity index is 423. The van der Waals surface area contributed by atoms with E-state index < -0.39 is 5.82 Å². The van der Waals surface area contributed by atoms with Crippen LogP contribution in [-0.2, 0) is 4.79 Å². The van der Waals surface area contributed by atoms with Crippen LogP contribution in [0.2, 0.25) is 5.02 Å². The van der Waals surface area contributed by atoms with E-state index in [-0.39, 0.29) is 29.6 Å². The van der Waals surface area contributed by atoms with Gasteiger partial charge in [0, 0.05) is 12.1 Å². The first-order valence-corrected chi connectivity index (χ1v) is 6.25. The standard InChI is InChI=1S/C13H18ClFN2O/c1-8(2)17-13(18)7-16-9(3)10-4-5-12(15)11(14)6-10/h4-6,8-9,16H,7H2,1-3H3,(H,17,18). The minimum Gasteiger partial charge on any atom is -0.353 e. The fourth-order valence-corrected chi connectivity index (χ4v) is 1.71. The molecule has 1 atom stereocenters. The number of amides is 1. The van der Waals surface area contributed by atoms with E-state index in [0.717, 1.165) is 5.56 Å². The molecular formula is C13H18ClFN2O. The van der Waals surface area contributed by atoms with Crippen molar-refractivity contribution in [3.63, 3.8) is 0 Å². The van der Waals surface area contributed by atoms with Gasteiger partial charge < -0.3 is 10.6 Å². The Labute approximate surface area is 112 Å². The van der Waals surface area contributed by atoms with E-state index >= 15 is 0 Å². The average molecular weight is 273 g/mol. The van der Waals surface area contributed by atoms with E-state index in [4.69, 9.17) is 11.6 Å². The molecule has 0 aliphatic carbocycles. The second kappa shape index (κ2) is 6.71. The van der Waals surface area contributed by atoms with Crippen molar-refractivity contribution in [2.24, 2.45) is 0 Å². The molecule has 0 aliphatic heterocycles. The molecule has 1 aromatic rings. The van der Waals surface area contributed by atoms with Crippen molar-refractivity contribution in [1.82, 2.24) is 10.6 Å². The molecule has 2 N–H and O–H groups in total. The Balaban J connectivity index is 2.52. The summed E-state index contributed by atoms with van der Waals surface area (Å²) in [5.74, 6) is -0.504. The number of nitrogens with one attached hydrogen (secondary N) is 2. The third kappa shape index (κ3) is 4.63. The Morgan fingerprint density at radius 3 is 2.61 bits per heavy atom. The zero-order valence-corrected chi connectivity index (χ0v) is 11.5. The van der Waals surface area contributed by atoms with Crippen molar-refractivity contribution in [2.75, 3.05) is 6.54 Å². The summed E-state index contributed by atoms with van der Waals surface area (Å²) in [5.41, 5.74) is 0.846. The summed E-state index contributed by atoms with van der Waals surface area (Å²) < 4.78 is 13.0. The van der Waals surface area contributed by atoms with Crippen molar-refractivity contribution < 1.29 is 9.18 Å². The number of halogens is 2. The molecule has 1 aromatic carbocycles. The molecule has 5 heteroatoms. The number of hydrogen-bond donors (Lipinski definition) is 2. The van der Waals surface area contributed by atoms with Crippen LogP contribution < -0.4 is 10.6 Å². The van der Waals surface area contributed by atoms with E-state index in [1.54, 1.807) is 12.1 Å². The molecule has 0 saturated carbocycles. The molecule has 0 fully saturated rings. The maximum absolute atomic E-state index is 13.0. The molecule has 0 saturated heterocycles. The lowest BCUT2D eigenvalue weighted by Gasteiger charge is -2.15. The highest BCUT2D eigenvalue weighted by Crippen LogP contribution is 2.20. The summed E-state index contributed by atoms with van der Waals surface area (Å²) in [6, 6.07) is 4.59. The van der Waals surface area contributed by atoms with Gasteiger partial charge in [-0.2, -0.15) is 0 Å². The van der Waals surface area contributed by atoms with Crippen molar-refractivity contribution in [3.8, 4) is 0 Å². The van der Waals surface area contributed by atoms with Gasteiger partial charge in [0.05, 0.1) is 11.6 Å². The largest absolute Gasteiger partial charge is 0.353 e. The highest BCUT2D eigenvalue weighted by atomic mass is 35.5. The summed E-state index contributed by atoms with van der Waals surface area (Å²) in [5, 5.41) is 5.93. The topological polar surface area (TPSA) is 41.1 Å². The first kappa shape index (κ1) is 14.9. The lowest BCUT2D eigenvalue weighted by Crippen LogP contribution is -2.38. The van der Waals surface area contributed by atoms with E-state index in [1.807, 2.05) is 20.8 Å². The van der Waals surface area contributed by atoms with Crippen molar-refractivity contribution in [3.05, 3.63) is 34.6 Å². The van der Waals surface area contributed by atoms with Gasteiger partial charge in [-0.1, -0.05) is 17.7 Å². The van der Waals surface area contributed by atoms with E-state index in [9.17, 15) is 9.18 Å². The molecule has 3 nitrogen and oxygen atoms in total. The summed E-state index contributed by atoms with van der Waals surface area (Å²) in [6.45, 7) is 5.92. The Morgan fingerprint density at radius 2 is 2.06 bits per heavy atom. The normalized spacial score (nSPS) is 12.6. The molecular weight excluding hydrogens is 255 g/mol. The van der Waals surface area contributed by atoms with Crippen LogP contribution in [0.4, 0.5) is 4.39 Å². The minimum absolute atomic E-state index is 0.0648. The quantitative estimate of drug-likeness (QED) is 0.865. The van der Waals surface area contributed by atoms with Crippen LogP contribution in [0.3, 0.4) is 0 Å². The highest BCUT2D eigenvalue weighted by Gasteiger charge is 2.10. The van der Waals surface area contributed by atoms with E-state index in [0.29, 0.717) is 0 Å². The smallest absolute Gasteiger partial charge is 0.234 e. The number of carbonyl (C=O) groups excluding carboxylic acids is 1. The lowest BCUT2D eigenvalue weighted by atomic mass is 10.1. The fourth-order valence-electron chi connectivity index (χ4n) is 1.52. The molecule has 100 valence electrons. The van der Waals surface area contributed by atoms with E-state index in [1.165, 1.54) is 6.07 Å². The molecule has 0 radical (unpaired) electrons. The number of carbonyl (C=O) groups is 1. The van der Waals surface area contributed by atoms with Crippen LogP contribution >= 0.6 is 11.6 Å². The first-order valence-electron chi connectivity index (χ1n) is 5.88. The maximum atomic E-state index is 13.0. The zero-order chi connectivity index (χ0) is 13.7. The fraction of sp³-hybridized carbons (Fsp3) is 0.462. The van der Waals surface area contributed by atoms with Crippen LogP contribution in [-0.4, -0.2) is 18.5 Å². The number of hydrogen-bond acceptors (Lipinski definition) is 2. The minimum atomic E-state index is -0.440. The number of benzene rings is 1. The molecule has 0 bridgehead atoms. The summed E-state index contributed by atoms with van der Waals surface area (Å²) in [7, 11) is 0. The predicted octanol–water partition coefficient (Wildman–Crippen LogP) is 2.65. The molecule has 1 amide bonds. The third-order valence-electron chi connectivity index (χ3n) is 2.46. The van der Waals surface area contributed by atoms with Gasteiger partial charge in [0.25, 0.3) is 0 Å². The third-order valence-corrected chi connectivity index (χ3v) is 2.75. The Morgan fingerprint density at radius 1 is 1.39 bits per heavy atom. The first-order chi connectivity index (χ1) is 8.40. The van der Waals surface area contributed by atoms with Gasteiger partial charge in [-0.3, -0.25) is 4.79 Å². The summed E-state index contributed by atoms with van der Waals surface area (Å²) >= 11 is 5.71. The van der Waals surface area contributed by atoms with Gasteiger partial charge in [0.1, 0.15) is 5.82 Å². The molecule has 0 heterocycles. The van der Waals surface area contributed by atoms with Gasteiger partial charge in [0.15, 0.2) is 0 Å². The predicted molar refractivity (Wildman–Crippen MR) is 71.1 cm³/mol. The monoisotopic (exact) mass is 272 g/mol. The Hall–Kier alpha value is -1.13. The average Bonchev–Trinajstić information content (AvgIpc) is 2.28. The summed E-state index contributed by atoms with van der Waals surface area (Å²) in [4.78, 5) is 11.5. The van der Waals surface area contributed by atoms with Crippen molar-refractivity contribution in [2.45, 2.75) is 32.9 Å². The lowest BCUT2D eigenvalue weighted by molar-refractivity contribution is -0.120. The molecule has 1 rings (SSSR count).